The number of nitrogens with zero attached hydrogens (tertiary/aromatic N) is 4. The van der Waals surface area contributed by atoms with Gasteiger partial charge in [-0.1, -0.05) is 185 Å². The molecule has 1 unspecified atom stereocenters. The molecule has 0 N–H and O–H groups in total. The second-order valence-corrected chi connectivity index (χ2v) is 20.7. The standard InChI is InChI=1S/C60H68N4O/c1-13-16-17-41-20-34-49(35-21-41)64-50-36-32-47(57(5,6)7)38-52(50)65-53-39-48(33-37-51(53)64)60(12,15-3)59(10,11)46-30-26-44(27-31-46)56-62-54(42-22-18-40(4)19-23-42)61-55(63-56)43-24-28-45(29-25-43)58(8,9)14-2/h18-39H,13-17H2,1-12H3. The van der Waals surface area contributed by atoms with E-state index in [1.165, 1.54) is 46.2 Å². The molecular weight excluding hydrogens is 793 g/mol. The van der Waals surface area contributed by atoms with Crippen molar-refractivity contribution in [1.29, 1.82) is 0 Å². The third-order valence-electron chi connectivity index (χ3n) is 14.8. The number of hydrogen-bond acceptors (Lipinski definition) is 5. The highest BCUT2D eigenvalue weighted by Crippen LogP contribution is 2.54. The minimum atomic E-state index is -0.264. The van der Waals surface area contributed by atoms with Gasteiger partial charge in [-0.25, -0.2) is 15.0 Å². The summed E-state index contributed by atoms with van der Waals surface area (Å²) in [7, 11) is 0. The van der Waals surface area contributed by atoms with Crippen molar-refractivity contribution in [1.82, 2.24) is 15.0 Å². The summed E-state index contributed by atoms with van der Waals surface area (Å²) in [6.07, 6.45) is 5.47. The molecule has 334 valence electrons. The summed E-state index contributed by atoms with van der Waals surface area (Å²) in [6.45, 7) is 27.4. The smallest absolute Gasteiger partial charge is 0.164 e. The minimum absolute atomic E-state index is 0.0141. The van der Waals surface area contributed by atoms with Gasteiger partial charge in [0.05, 0.1) is 11.4 Å². The number of benzene rings is 6. The molecule has 7 aromatic rings. The van der Waals surface area contributed by atoms with Crippen molar-refractivity contribution in [3.8, 4) is 45.7 Å². The van der Waals surface area contributed by atoms with Gasteiger partial charge in [0, 0.05) is 27.8 Å². The van der Waals surface area contributed by atoms with Crippen molar-refractivity contribution in [3.05, 3.63) is 167 Å². The highest BCUT2D eigenvalue weighted by Gasteiger charge is 2.43. The molecule has 8 rings (SSSR count). The quantitative estimate of drug-likeness (QED) is 0.116. The van der Waals surface area contributed by atoms with Crippen molar-refractivity contribution < 1.29 is 4.74 Å². The predicted octanol–water partition coefficient (Wildman–Crippen LogP) is 16.7. The SMILES string of the molecule is CCCCc1ccc(N2c3ccc(C(C)(C)C)cc3Oc3cc(C(C)(CC)C(C)(C)c4ccc(-c5nc(-c6ccc(C)cc6)nc(-c6ccc(C(C)(C)CC)cc6)n5)cc4)ccc32)cc1. The van der Waals surface area contributed by atoms with Crippen LogP contribution in [0.2, 0.25) is 0 Å². The van der Waals surface area contributed by atoms with Crippen molar-refractivity contribution in [2.75, 3.05) is 4.90 Å². The number of hydrogen-bond donors (Lipinski definition) is 0. The highest BCUT2D eigenvalue weighted by molar-refractivity contribution is 5.87. The van der Waals surface area contributed by atoms with Gasteiger partial charge in [0.25, 0.3) is 0 Å². The number of aromatic nitrogens is 3. The average Bonchev–Trinajstić information content (AvgIpc) is 3.32. The van der Waals surface area contributed by atoms with E-state index >= 15 is 0 Å². The molecule has 5 nitrogen and oxygen atoms in total. The Labute approximate surface area is 389 Å². The maximum atomic E-state index is 6.96. The summed E-state index contributed by atoms with van der Waals surface area (Å²) in [5.74, 6) is 3.76. The summed E-state index contributed by atoms with van der Waals surface area (Å²) in [5, 5.41) is 0. The van der Waals surface area contributed by atoms with Crippen LogP contribution >= 0.6 is 0 Å². The second kappa shape index (κ2) is 17.7. The third-order valence-corrected chi connectivity index (χ3v) is 14.8. The van der Waals surface area contributed by atoms with Crippen molar-refractivity contribution >= 4 is 17.1 Å². The molecule has 0 spiro atoms. The Bertz CT molecular complexity index is 2780. The van der Waals surface area contributed by atoms with E-state index in [2.05, 4.69) is 221 Å². The fraction of sp³-hybridized carbons (Fsp3) is 0.350. The van der Waals surface area contributed by atoms with Crippen LogP contribution in [0.15, 0.2) is 133 Å². The minimum Gasteiger partial charge on any atom is -0.453 e. The second-order valence-electron chi connectivity index (χ2n) is 20.7. The van der Waals surface area contributed by atoms with Crippen molar-refractivity contribution in [2.45, 2.75) is 137 Å². The molecule has 1 aromatic heterocycles. The van der Waals surface area contributed by atoms with E-state index in [-0.39, 0.29) is 21.7 Å². The molecule has 0 bridgehead atoms. The first-order chi connectivity index (χ1) is 30.9. The lowest BCUT2D eigenvalue weighted by Gasteiger charge is -2.46. The molecule has 65 heavy (non-hydrogen) atoms. The van der Waals surface area contributed by atoms with E-state index in [1.807, 2.05) is 0 Å². The third kappa shape index (κ3) is 8.87. The Hall–Kier alpha value is -6.07. The predicted molar refractivity (Wildman–Crippen MR) is 273 cm³/mol. The number of unbranched alkanes of at least 4 members (excludes halogenated alkanes) is 1. The van der Waals surface area contributed by atoms with Gasteiger partial charge in [0.1, 0.15) is 0 Å². The first-order valence-electron chi connectivity index (χ1n) is 23.9. The maximum absolute atomic E-state index is 6.96. The summed E-state index contributed by atoms with van der Waals surface area (Å²) < 4.78 is 6.96. The van der Waals surface area contributed by atoms with E-state index in [0.717, 1.165) is 64.5 Å². The summed E-state index contributed by atoms with van der Waals surface area (Å²) in [4.78, 5) is 17.6. The molecule has 0 saturated heterocycles. The van der Waals surface area contributed by atoms with Gasteiger partial charge >= 0.3 is 0 Å². The van der Waals surface area contributed by atoms with Gasteiger partial charge in [0.2, 0.25) is 0 Å². The zero-order valence-corrected chi connectivity index (χ0v) is 40.9. The van der Waals surface area contributed by atoms with E-state index in [4.69, 9.17) is 19.7 Å². The highest BCUT2D eigenvalue weighted by atomic mass is 16.5. The first-order valence-corrected chi connectivity index (χ1v) is 23.9. The van der Waals surface area contributed by atoms with Crippen LogP contribution in [0.1, 0.15) is 135 Å². The summed E-state index contributed by atoms with van der Waals surface area (Å²) in [6, 6.07) is 48.8. The Kier molecular flexibility index (Phi) is 12.4. The number of rotatable bonds is 13. The number of ether oxygens (including phenoxy) is 1. The van der Waals surface area contributed by atoms with Crippen molar-refractivity contribution in [2.24, 2.45) is 0 Å². The topological polar surface area (TPSA) is 51.1 Å². The Morgan fingerprint density at radius 3 is 1.43 bits per heavy atom. The number of aryl methyl sites for hydroxylation is 2. The van der Waals surface area contributed by atoms with Gasteiger partial charge in [-0.15, -0.1) is 0 Å². The Balaban J connectivity index is 1.15. The van der Waals surface area contributed by atoms with E-state index in [0.29, 0.717) is 17.5 Å². The summed E-state index contributed by atoms with van der Waals surface area (Å²) >= 11 is 0. The van der Waals surface area contributed by atoms with Crippen LogP contribution in [0.5, 0.6) is 11.5 Å². The molecule has 0 amide bonds. The fourth-order valence-electron chi connectivity index (χ4n) is 9.19. The molecule has 0 saturated carbocycles. The largest absolute Gasteiger partial charge is 0.453 e. The Morgan fingerprint density at radius 2 is 0.954 bits per heavy atom. The van der Waals surface area contributed by atoms with Gasteiger partial charge in [0.15, 0.2) is 29.0 Å². The number of fused-ring (bicyclic) bond motifs is 2. The van der Waals surface area contributed by atoms with E-state index < -0.39 is 0 Å². The van der Waals surface area contributed by atoms with Crippen LogP contribution in [0.25, 0.3) is 34.2 Å². The number of anilines is 3. The molecular formula is C60H68N4O. The molecule has 1 aliphatic rings. The zero-order valence-electron chi connectivity index (χ0n) is 40.9. The molecule has 5 heteroatoms. The van der Waals surface area contributed by atoms with Gasteiger partial charge in [-0.3, -0.25) is 0 Å². The van der Waals surface area contributed by atoms with E-state index in [9.17, 15) is 0 Å². The van der Waals surface area contributed by atoms with Crippen LogP contribution in [-0.2, 0) is 28.1 Å². The lowest BCUT2D eigenvalue weighted by molar-refractivity contribution is 0.265. The van der Waals surface area contributed by atoms with Crippen LogP contribution in [0, 0.1) is 6.92 Å². The normalized spacial score (nSPS) is 13.8. The van der Waals surface area contributed by atoms with Crippen LogP contribution in [0.3, 0.4) is 0 Å². The average molecular weight is 861 g/mol. The summed E-state index contributed by atoms with van der Waals surface area (Å²) in [5.41, 5.74) is 13.3. The zero-order chi connectivity index (χ0) is 46.3. The van der Waals surface area contributed by atoms with Crippen LogP contribution in [0.4, 0.5) is 17.1 Å². The maximum Gasteiger partial charge on any atom is 0.164 e. The Morgan fingerprint density at radius 1 is 0.492 bits per heavy atom. The molecule has 0 radical (unpaired) electrons. The van der Waals surface area contributed by atoms with E-state index in [1.54, 1.807) is 0 Å². The molecule has 2 heterocycles. The van der Waals surface area contributed by atoms with Crippen molar-refractivity contribution in [3.63, 3.8) is 0 Å². The van der Waals surface area contributed by atoms with Gasteiger partial charge < -0.3 is 9.64 Å². The lowest BCUT2D eigenvalue weighted by Crippen LogP contribution is -2.42. The van der Waals surface area contributed by atoms with Gasteiger partial charge in [-0.2, -0.15) is 0 Å². The molecule has 0 aliphatic carbocycles. The van der Waals surface area contributed by atoms with Crippen LogP contribution < -0.4 is 9.64 Å². The first kappa shape index (κ1) is 45.5. The van der Waals surface area contributed by atoms with Crippen LogP contribution in [-0.4, -0.2) is 15.0 Å². The monoisotopic (exact) mass is 861 g/mol. The molecule has 6 aromatic carbocycles. The molecule has 0 fully saturated rings. The fourth-order valence-corrected chi connectivity index (χ4v) is 9.19. The lowest BCUT2D eigenvalue weighted by atomic mass is 9.58. The van der Waals surface area contributed by atoms with Gasteiger partial charge in [-0.05, 0) is 113 Å². The molecule has 1 aliphatic heterocycles. The molecule has 1 atom stereocenters.